The highest BCUT2D eigenvalue weighted by Crippen LogP contribution is 2.21. The van der Waals surface area contributed by atoms with Crippen molar-refractivity contribution in [2.75, 3.05) is 0 Å². The maximum atomic E-state index is 12.5. The lowest BCUT2D eigenvalue weighted by molar-refractivity contribution is 0.0932. The van der Waals surface area contributed by atoms with Crippen LogP contribution in [-0.2, 0) is 0 Å². The summed E-state index contributed by atoms with van der Waals surface area (Å²) in [6.45, 7) is 6.35. The van der Waals surface area contributed by atoms with Gasteiger partial charge in [-0.05, 0) is 37.0 Å². The quantitative estimate of drug-likeness (QED) is 0.858. The number of aryl methyl sites for hydroxylation is 1. The molecule has 2 heteroatoms. The second kappa shape index (κ2) is 7.07. The molecule has 0 saturated carbocycles. The fourth-order valence-corrected chi connectivity index (χ4v) is 2.46. The molecule has 0 radical (unpaired) electrons. The Kier molecular flexibility index (Phi) is 5.15. The lowest BCUT2D eigenvalue weighted by Crippen LogP contribution is -2.29. The monoisotopic (exact) mass is 281 g/mol. The largest absolute Gasteiger partial charge is 0.345 e. The second-order valence-corrected chi connectivity index (χ2v) is 5.94. The van der Waals surface area contributed by atoms with Crippen LogP contribution in [0, 0.1) is 12.8 Å². The highest BCUT2D eigenvalue weighted by atomic mass is 16.1. The minimum Gasteiger partial charge on any atom is -0.345 e. The van der Waals surface area contributed by atoms with Gasteiger partial charge >= 0.3 is 0 Å². The van der Waals surface area contributed by atoms with E-state index in [0.29, 0.717) is 5.92 Å². The van der Waals surface area contributed by atoms with Crippen molar-refractivity contribution in [2.24, 2.45) is 5.92 Å². The summed E-state index contributed by atoms with van der Waals surface area (Å²) >= 11 is 0. The van der Waals surface area contributed by atoms with Crippen LogP contribution < -0.4 is 5.32 Å². The topological polar surface area (TPSA) is 29.1 Å². The third-order valence-corrected chi connectivity index (χ3v) is 3.49. The number of hydrogen-bond donors (Lipinski definition) is 1. The zero-order valence-electron chi connectivity index (χ0n) is 13.0. The summed E-state index contributed by atoms with van der Waals surface area (Å²) in [5.41, 5.74) is 2.98. The molecule has 1 amide bonds. The van der Waals surface area contributed by atoms with Gasteiger partial charge in [-0.2, -0.15) is 0 Å². The van der Waals surface area contributed by atoms with E-state index in [9.17, 15) is 4.79 Å². The first-order chi connectivity index (χ1) is 10.1. The summed E-state index contributed by atoms with van der Waals surface area (Å²) in [5.74, 6) is 0.515. The molecule has 0 aliphatic heterocycles. The van der Waals surface area contributed by atoms with Crippen LogP contribution in [0.2, 0.25) is 0 Å². The van der Waals surface area contributed by atoms with Crippen LogP contribution in [0.3, 0.4) is 0 Å². The SMILES string of the molecule is Cc1cccc(C(=O)N[C@@H](CC(C)C)c2ccccc2)c1. The molecule has 0 aromatic heterocycles. The Balaban J connectivity index is 2.17. The van der Waals surface area contributed by atoms with E-state index in [1.807, 2.05) is 49.4 Å². The first kappa shape index (κ1) is 15.3. The van der Waals surface area contributed by atoms with Gasteiger partial charge in [0.15, 0.2) is 0 Å². The van der Waals surface area contributed by atoms with Crippen LogP contribution in [0.5, 0.6) is 0 Å². The number of carbonyl (C=O) groups excluding carboxylic acids is 1. The summed E-state index contributed by atoms with van der Waals surface area (Å²) in [5, 5.41) is 3.17. The summed E-state index contributed by atoms with van der Waals surface area (Å²) in [6, 6.07) is 17.9. The molecule has 2 aromatic carbocycles. The van der Waals surface area contributed by atoms with Crippen molar-refractivity contribution in [1.82, 2.24) is 5.32 Å². The van der Waals surface area contributed by atoms with Crippen LogP contribution >= 0.6 is 0 Å². The van der Waals surface area contributed by atoms with Crippen LogP contribution in [-0.4, -0.2) is 5.91 Å². The molecule has 0 aliphatic rings. The predicted octanol–water partition coefficient (Wildman–Crippen LogP) is 4.51. The molecule has 1 N–H and O–H groups in total. The second-order valence-electron chi connectivity index (χ2n) is 5.94. The lowest BCUT2D eigenvalue weighted by Gasteiger charge is -2.21. The van der Waals surface area contributed by atoms with Crippen molar-refractivity contribution in [3.05, 3.63) is 71.3 Å². The van der Waals surface area contributed by atoms with Crippen molar-refractivity contribution in [3.8, 4) is 0 Å². The van der Waals surface area contributed by atoms with Crippen molar-refractivity contribution >= 4 is 5.91 Å². The molecular formula is C19H23NO. The number of rotatable bonds is 5. The molecule has 2 rings (SSSR count). The summed E-state index contributed by atoms with van der Waals surface area (Å²) in [7, 11) is 0. The molecule has 21 heavy (non-hydrogen) atoms. The summed E-state index contributed by atoms with van der Waals surface area (Å²) in [4.78, 5) is 12.5. The van der Waals surface area contributed by atoms with Gasteiger partial charge in [0.25, 0.3) is 5.91 Å². The van der Waals surface area contributed by atoms with E-state index in [-0.39, 0.29) is 11.9 Å². The standard InChI is InChI=1S/C19H23NO/c1-14(2)12-18(16-9-5-4-6-10-16)20-19(21)17-11-7-8-15(3)13-17/h4-11,13-14,18H,12H2,1-3H3,(H,20,21)/t18-/m0/s1. The Morgan fingerprint density at radius 2 is 1.76 bits per heavy atom. The van der Waals surface area contributed by atoms with E-state index in [4.69, 9.17) is 0 Å². The normalized spacial score (nSPS) is 12.2. The number of benzene rings is 2. The van der Waals surface area contributed by atoms with Crippen molar-refractivity contribution < 1.29 is 4.79 Å². The fourth-order valence-electron chi connectivity index (χ4n) is 2.46. The van der Waals surface area contributed by atoms with E-state index in [2.05, 4.69) is 31.3 Å². The van der Waals surface area contributed by atoms with E-state index in [1.54, 1.807) is 0 Å². The maximum absolute atomic E-state index is 12.5. The third-order valence-electron chi connectivity index (χ3n) is 3.49. The van der Waals surface area contributed by atoms with Gasteiger partial charge in [0.2, 0.25) is 0 Å². The average molecular weight is 281 g/mol. The first-order valence-corrected chi connectivity index (χ1v) is 7.48. The van der Waals surface area contributed by atoms with E-state index in [0.717, 1.165) is 23.1 Å². The Bertz CT molecular complexity index is 590. The minimum atomic E-state index is -0.00629. The van der Waals surface area contributed by atoms with Gasteiger partial charge in [0.05, 0.1) is 6.04 Å². The van der Waals surface area contributed by atoms with Crippen LogP contribution in [0.1, 0.15) is 47.8 Å². The third kappa shape index (κ3) is 4.45. The fraction of sp³-hybridized carbons (Fsp3) is 0.316. The molecule has 1 atom stereocenters. The Hall–Kier alpha value is -2.09. The van der Waals surface area contributed by atoms with Gasteiger partial charge in [-0.3, -0.25) is 4.79 Å². The number of hydrogen-bond acceptors (Lipinski definition) is 1. The van der Waals surface area contributed by atoms with Crippen molar-refractivity contribution in [1.29, 1.82) is 0 Å². The van der Waals surface area contributed by atoms with Crippen molar-refractivity contribution in [2.45, 2.75) is 33.2 Å². The number of nitrogens with one attached hydrogen (secondary N) is 1. The van der Waals surface area contributed by atoms with Gasteiger partial charge in [-0.15, -0.1) is 0 Å². The maximum Gasteiger partial charge on any atom is 0.251 e. The molecule has 2 aromatic rings. The molecular weight excluding hydrogens is 258 g/mol. The van der Waals surface area contributed by atoms with Crippen molar-refractivity contribution in [3.63, 3.8) is 0 Å². The zero-order valence-corrected chi connectivity index (χ0v) is 13.0. The first-order valence-electron chi connectivity index (χ1n) is 7.48. The number of amides is 1. The van der Waals surface area contributed by atoms with Gasteiger partial charge < -0.3 is 5.32 Å². The molecule has 0 unspecified atom stereocenters. The molecule has 0 heterocycles. The molecule has 0 aliphatic carbocycles. The predicted molar refractivity (Wildman–Crippen MR) is 87.3 cm³/mol. The lowest BCUT2D eigenvalue weighted by atomic mass is 9.96. The van der Waals surface area contributed by atoms with Crippen LogP contribution in [0.25, 0.3) is 0 Å². The van der Waals surface area contributed by atoms with Gasteiger partial charge in [-0.1, -0.05) is 61.9 Å². The van der Waals surface area contributed by atoms with E-state index < -0.39 is 0 Å². The molecule has 110 valence electrons. The molecule has 0 bridgehead atoms. The van der Waals surface area contributed by atoms with Gasteiger partial charge in [0.1, 0.15) is 0 Å². The smallest absolute Gasteiger partial charge is 0.251 e. The highest BCUT2D eigenvalue weighted by molar-refractivity contribution is 5.94. The van der Waals surface area contributed by atoms with Crippen LogP contribution in [0.4, 0.5) is 0 Å². The summed E-state index contributed by atoms with van der Waals surface area (Å²) < 4.78 is 0. The Morgan fingerprint density at radius 1 is 1.05 bits per heavy atom. The summed E-state index contributed by atoms with van der Waals surface area (Å²) in [6.07, 6.45) is 0.932. The number of carbonyl (C=O) groups is 1. The van der Waals surface area contributed by atoms with E-state index >= 15 is 0 Å². The van der Waals surface area contributed by atoms with Gasteiger partial charge in [-0.25, -0.2) is 0 Å². The van der Waals surface area contributed by atoms with Gasteiger partial charge in [0, 0.05) is 5.56 Å². The minimum absolute atomic E-state index is 0.00629. The van der Waals surface area contributed by atoms with E-state index in [1.165, 1.54) is 0 Å². The zero-order chi connectivity index (χ0) is 15.2. The Labute approximate surface area is 127 Å². The molecule has 0 spiro atoms. The Morgan fingerprint density at radius 3 is 2.38 bits per heavy atom. The van der Waals surface area contributed by atoms with Crippen LogP contribution in [0.15, 0.2) is 54.6 Å². The average Bonchev–Trinajstić information content (AvgIpc) is 2.47. The molecule has 2 nitrogen and oxygen atoms in total. The highest BCUT2D eigenvalue weighted by Gasteiger charge is 2.16. The molecule has 0 fully saturated rings. The molecule has 0 saturated heterocycles.